The lowest BCUT2D eigenvalue weighted by Crippen LogP contribution is -2.38. The summed E-state index contributed by atoms with van der Waals surface area (Å²) in [7, 11) is 2.06. The smallest absolute Gasteiger partial charge is 0.0472 e. The molecule has 1 heterocycles. The maximum absolute atomic E-state index is 3.36. The molecule has 1 aromatic carbocycles. The third-order valence-corrected chi connectivity index (χ3v) is 4.13. The summed E-state index contributed by atoms with van der Waals surface area (Å²) < 4.78 is 0. The van der Waals surface area contributed by atoms with Gasteiger partial charge in [-0.15, -0.1) is 0 Å². The number of likely N-dealkylation sites (tertiary alicyclic amines) is 1. The maximum Gasteiger partial charge on any atom is 0.0472 e. The van der Waals surface area contributed by atoms with E-state index < -0.39 is 0 Å². The normalized spacial score (nSPS) is 18.4. The third-order valence-electron chi connectivity index (χ3n) is 4.13. The molecule has 2 nitrogen and oxygen atoms in total. The van der Waals surface area contributed by atoms with Crippen LogP contribution >= 0.6 is 0 Å². The molecule has 1 saturated heterocycles. The summed E-state index contributed by atoms with van der Waals surface area (Å²) in [6, 6.07) is 9.83. The van der Waals surface area contributed by atoms with Crippen LogP contribution in [0.3, 0.4) is 0 Å². The van der Waals surface area contributed by atoms with Crippen molar-refractivity contribution in [3.63, 3.8) is 0 Å². The molecule has 1 aromatic rings. The Hall–Kier alpha value is -0.860. The summed E-state index contributed by atoms with van der Waals surface area (Å²) in [4.78, 5) is 2.65. The van der Waals surface area contributed by atoms with Crippen molar-refractivity contribution >= 4 is 0 Å². The zero-order chi connectivity index (χ0) is 13.5. The monoisotopic (exact) mass is 260 g/mol. The number of nitrogens with zero attached hydrogens (tertiary/aromatic N) is 1. The van der Waals surface area contributed by atoms with Crippen molar-refractivity contribution in [2.24, 2.45) is 0 Å². The van der Waals surface area contributed by atoms with E-state index in [1.165, 1.54) is 56.3 Å². The molecule has 1 atom stereocenters. The molecule has 2 heteroatoms. The fraction of sp³-hybridized carbons (Fsp3) is 0.647. The molecule has 0 aromatic heterocycles. The first-order valence-electron chi connectivity index (χ1n) is 7.82. The Labute approximate surface area is 118 Å². The summed E-state index contributed by atoms with van der Waals surface area (Å²) >= 11 is 0. The number of rotatable bonds is 6. The Bertz CT molecular complexity index is 352. The van der Waals surface area contributed by atoms with Crippen molar-refractivity contribution in [3.8, 4) is 0 Å². The van der Waals surface area contributed by atoms with Gasteiger partial charge in [-0.05, 0) is 50.5 Å². The van der Waals surface area contributed by atoms with E-state index in [1.807, 2.05) is 0 Å². The van der Waals surface area contributed by atoms with Crippen LogP contribution in [0.4, 0.5) is 0 Å². The number of benzene rings is 1. The van der Waals surface area contributed by atoms with Crippen molar-refractivity contribution in [1.82, 2.24) is 10.2 Å². The highest BCUT2D eigenvalue weighted by molar-refractivity contribution is 5.25. The second-order valence-corrected chi connectivity index (χ2v) is 5.66. The molecule has 1 aliphatic rings. The molecular weight excluding hydrogens is 232 g/mol. The molecule has 19 heavy (non-hydrogen) atoms. The van der Waals surface area contributed by atoms with Gasteiger partial charge in [-0.2, -0.15) is 0 Å². The second kappa shape index (κ2) is 7.66. The van der Waals surface area contributed by atoms with Crippen LogP contribution in [-0.2, 0) is 6.42 Å². The van der Waals surface area contributed by atoms with Gasteiger partial charge in [0.1, 0.15) is 0 Å². The standard InChI is InChI=1S/C17H28N2/c1-3-7-15-8-10-16(11-9-15)17(14-18-2)19-12-5-4-6-13-19/h8-11,17-18H,3-7,12-14H2,1-2H3. The average molecular weight is 260 g/mol. The first-order valence-corrected chi connectivity index (χ1v) is 7.82. The van der Waals surface area contributed by atoms with Gasteiger partial charge in [-0.3, -0.25) is 4.90 Å². The highest BCUT2D eigenvalue weighted by atomic mass is 15.2. The SMILES string of the molecule is CCCc1ccc(C(CNC)N2CCCCC2)cc1. The van der Waals surface area contributed by atoms with Crippen molar-refractivity contribution in [3.05, 3.63) is 35.4 Å². The molecule has 2 rings (SSSR count). The van der Waals surface area contributed by atoms with Gasteiger partial charge in [0.25, 0.3) is 0 Å². The number of nitrogens with one attached hydrogen (secondary N) is 1. The van der Waals surface area contributed by atoms with E-state index in [9.17, 15) is 0 Å². The van der Waals surface area contributed by atoms with E-state index in [1.54, 1.807) is 0 Å². The molecule has 0 saturated carbocycles. The third kappa shape index (κ3) is 4.05. The van der Waals surface area contributed by atoms with Crippen molar-refractivity contribution < 1.29 is 0 Å². The number of piperidine rings is 1. The molecule has 0 bridgehead atoms. The molecule has 1 N–H and O–H groups in total. The molecule has 0 radical (unpaired) electrons. The van der Waals surface area contributed by atoms with Crippen LogP contribution in [-0.4, -0.2) is 31.6 Å². The Kier molecular flexibility index (Phi) is 5.87. The van der Waals surface area contributed by atoms with Gasteiger partial charge < -0.3 is 5.32 Å². The van der Waals surface area contributed by atoms with Crippen LogP contribution in [0.25, 0.3) is 0 Å². The summed E-state index contributed by atoms with van der Waals surface area (Å²) in [5, 5.41) is 3.36. The zero-order valence-electron chi connectivity index (χ0n) is 12.5. The molecule has 1 fully saturated rings. The van der Waals surface area contributed by atoms with Gasteiger partial charge in [0.2, 0.25) is 0 Å². The van der Waals surface area contributed by atoms with Crippen molar-refractivity contribution in [2.75, 3.05) is 26.7 Å². The zero-order valence-corrected chi connectivity index (χ0v) is 12.5. The van der Waals surface area contributed by atoms with E-state index in [4.69, 9.17) is 0 Å². The minimum atomic E-state index is 0.543. The molecule has 106 valence electrons. The fourth-order valence-corrected chi connectivity index (χ4v) is 3.08. The molecule has 0 spiro atoms. The Morgan fingerprint density at radius 2 is 1.79 bits per heavy atom. The highest BCUT2D eigenvalue weighted by Crippen LogP contribution is 2.24. The summed E-state index contributed by atoms with van der Waals surface area (Å²) in [5.41, 5.74) is 2.93. The Morgan fingerprint density at radius 1 is 1.11 bits per heavy atom. The molecule has 0 amide bonds. The lowest BCUT2D eigenvalue weighted by molar-refractivity contribution is 0.162. The minimum absolute atomic E-state index is 0.543. The predicted octanol–water partition coefficient (Wildman–Crippen LogP) is 3.39. The summed E-state index contributed by atoms with van der Waals surface area (Å²) in [5.74, 6) is 0. The number of hydrogen-bond donors (Lipinski definition) is 1. The van der Waals surface area contributed by atoms with Gasteiger partial charge >= 0.3 is 0 Å². The predicted molar refractivity (Wildman–Crippen MR) is 82.5 cm³/mol. The van der Waals surface area contributed by atoms with Gasteiger partial charge in [-0.25, -0.2) is 0 Å². The van der Waals surface area contributed by atoms with Crippen LogP contribution in [0.5, 0.6) is 0 Å². The number of hydrogen-bond acceptors (Lipinski definition) is 2. The van der Waals surface area contributed by atoms with Crippen molar-refractivity contribution in [2.45, 2.75) is 45.1 Å². The first-order chi connectivity index (χ1) is 9.35. The second-order valence-electron chi connectivity index (χ2n) is 5.66. The quantitative estimate of drug-likeness (QED) is 0.843. The van der Waals surface area contributed by atoms with Crippen LogP contribution in [0, 0.1) is 0 Å². The van der Waals surface area contributed by atoms with Crippen LogP contribution in [0.15, 0.2) is 24.3 Å². The van der Waals surface area contributed by atoms with Gasteiger partial charge in [0.15, 0.2) is 0 Å². The van der Waals surface area contributed by atoms with Crippen LogP contribution in [0.2, 0.25) is 0 Å². The largest absolute Gasteiger partial charge is 0.318 e. The maximum atomic E-state index is 3.36. The van der Waals surface area contributed by atoms with Crippen molar-refractivity contribution in [1.29, 1.82) is 0 Å². The van der Waals surface area contributed by atoms with E-state index >= 15 is 0 Å². The summed E-state index contributed by atoms with van der Waals surface area (Å²) in [6.07, 6.45) is 6.53. The Morgan fingerprint density at radius 3 is 2.37 bits per heavy atom. The topological polar surface area (TPSA) is 15.3 Å². The number of likely N-dealkylation sites (N-methyl/N-ethyl adjacent to an activating group) is 1. The van der Waals surface area contributed by atoms with E-state index in [-0.39, 0.29) is 0 Å². The molecule has 1 unspecified atom stereocenters. The lowest BCUT2D eigenvalue weighted by Gasteiger charge is -2.35. The van der Waals surface area contributed by atoms with Crippen LogP contribution < -0.4 is 5.32 Å². The van der Waals surface area contributed by atoms with E-state index in [2.05, 4.69) is 48.5 Å². The number of aryl methyl sites for hydroxylation is 1. The van der Waals surface area contributed by atoms with Gasteiger partial charge in [-0.1, -0.05) is 44.0 Å². The van der Waals surface area contributed by atoms with Crippen LogP contribution in [0.1, 0.15) is 49.8 Å². The van der Waals surface area contributed by atoms with E-state index in [0.717, 1.165) is 6.54 Å². The highest BCUT2D eigenvalue weighted by Gasteiger charge is 2.21. The van der Waals surface area contributed by atoms with Gasteiger partial charge in [0.05, 0.1) is 0 Å². The Balaban J connectivity index is 2.08. The lowest BCUT2D eigenvalue weighted by atomic mass is 9.99. The fourth-order valence-electron chi connectivity index (χ4n) is 3.08. The summed E-state index contributed by atoms with van der Waals surface area (Å²) in [6.45, 7) is 5.80. The minimum Gasteiger partial charge on any atom is -0.318 e. The first kappa shape index (κ1) is 14.5. The molecular formula is C17H28N2. The average Bonchev–Trinajstić information content (AvgIpc) is 2.47. The van der Waals surface area contributed by atoms with E-state index in [0.29, 0.717) is 6.04 Å². The van der Waals surface area contributed by atoms with Gasteiger partial charge in [0, 0.05) is 12.6 Å². The molecule has 1 aliphatic heterocycles. The molecule has 0 aliphatic carbocycles.